The van der Waals surface area contributed by atoms with E-state index in [1.165, 1.54) is 19.2 Å². The third-order valence-electron chi connectivity index (χ3n) is 3.25. The Hall–Kier alpha value is -1.83. The topological polar surface area (TPSA) is 52.6 Å². The molecule has 0 heterocycles. The first-order chi connectivity index (χ1) is 10.1. The van der Waals surface area contributed by atoms with Crippen molar-refractivity contribution in [2.24, 2.45) is 0 Å². The fourth-order valence-electron chi connectivity index (χ4n) is 1.75. The molecule has 0 radical (unpaired) electrons. The highest BCUT2D eigenvalue weighted by atomic mass is 19.4. The number of rotatable bonds is 5. The van der Waals surface area contributed by atoms with Crippen molar-refractivity contribution in [1.82, 2.24) is 10.2 Å². The maximum atomic E-state index is 12.9. The van der Waals surface area contributed by atoms with Gasteiger partial charge in [-0.3, -0.25) is 0 Å². The lowest BCUT2D eigenvalue weighted by atomic mass is 10.0. The number of aliphatic hydroxyl groups excluding tert-OH is 1. The molecule has 0 spiro atoms. The molecule has 4 nitrogen and oxygen atoms in total. The smallest absolute Gasteiger partial charge is 0.391 e. The number of carbonyl (C=O) groups excluding carboxylic acids is 1. The van der Waals surface area contributed by atoms with Crippen molar-refractivity contribution in [2.45, 2.75) is 31.6 Å². The third kappa shape index (κ3) is 5.51. The molecule has 1 rings (SSSR count). The summed E-state index contributed by atoms with van der Waals surface area (Å²) in [5, 5.41) is 11.2. The van der Waals surface area contributed by atoms with E-state index in [0.717, 1.165) is 17.0 Å². The third-order valence-corrected chi connectivity index (χ3v) is 3.25. The number of halogens is 4. The van der Waals surface area contributed by atoms with Crippen LogP contribution in [0.2, 0.25) is 0 Å². The number of amides is 2. The fraction of sp³-hybridized carbons (Fsp3) is 0.500. The van der Waals surface area contributed by atoms with Gasteiger partial charge in [-0.1, -0.05) is 12.1 Å². The molecule has 0 bridgehead atoms. The van der Waals surface area contributed by atoms with Gasteiger partial charge in [0.15, 0.2) is 0 Å². The van der Waals surface area contributed by atoms with Crippen LogP contribution in [0.4, 0.5) is 22.4 Å². The van der Waals surface area contributed by atoms with Crippen molar-refractivity contribution in [3.63, 3.8) is 0 Å². The number of nitrogens with zero attached hydrogens (tertiary/aromatic N) is 1. The second-order valence-electron chi connectivity index (χ2n) is 5.02. The molecule has 1 aromatic rings. The molecule has 2 atom stereocenters. The summed E-state index contributed by atoms with van der Waals surface area (Å²) in [7, 11) is 1.37. The molecule has 2 N–H and O–H groups in total. The Balaban J connectivity index is 2.91. The van der Waals surface area contributed by atoms with Crippen LogP contribution in [-0.2, 0) is 0 Å². The van der Waals surface area contributed by atoms with Crippen molar-refractivity contribution in [1.29, 1.82) is 0 Å². The Bertz CT molecular complexity index is 491. The second-order valence-corrected chi connectivity index (χ2v) is 5.02. The predicted octanol–water partition coefficient (Wildman–Crippen LogP) is 2.84. The van der Waals surface area contributed by atoms with Gasteiger partial charge >= 0.3 is 12.2 Å². The maximum absolute atomic E-state index is 12.9. The van der Waals surface area contributed by atoms with Crippen LogP contribution in [0, 0.1) is 5.82 Å². The minimum atomic E-state index is -4.49. The minimum Gasteiger partial charge on any atom is -0.394 e. The zero-order chi connectivity index (χ0) is 16.9. The normalized spacial score (nSPS) is 14.3. The highest BCUT2D eigenvalue weighted by Crippen LogP contribution is 2.29. The summed E-state index contributed by atoms with van der Waals surface area (Å²) < 4.78 is 50.9. The molecule has 1 aromatic carbocycles. The summed E-state index contributed by atoms with van der Waals surface area (Å²) in [6.45, 7) is 1.24. The largest absolute Gasteiger partial charge is 0.394 e. The number of carbonyl (C=O) groups is 1. The molecule has 8 heteroatoms. The molecule has 0 aliphatic rings. The molecule has 0 fully saturated rings. The first-order valence-electron chi connectivity index (χ1n) is 6.60. The molecular weight excluding hydrogens is 304 g/mol. The van der Waals surface area contributed by atoms with Crippen molar-refractivity contribution in [3.8, 4) is 0 Å². The molecule has 22 heavy (non-hydrogen) atoms. The number of alkyl halides is 3. The average Bonchev–Trinajstić information content (AvgIpc) is 2.44. The van der Waals surface area contributed by atoms with E-state index in [1.807, 2.05) is 0 Å². The SMILES string of the molecule is CC(CO)N(C)C(=O)NC(CC(F)(F)F)c1ccc(F)cc1. The number of likely N-dealkylation sites (N-methyl/N-ethyl adjacent to an activating group) is 1. The fourth-order valence-corrected chi connectivity index (χ4v) is 1.75. The second kappa shape index (κ2) is 7.44. The van der Waals surface area contributed by atoms with Crippen molar-refractivity contribution < 1.29 is 27.5 Å². The van der Waals surface area contributed by atoms with Crippen LogP contribution in [0.25, 0.3) is 0 Å². The predicted molar refractivity (Wildman–Crippen MR) is 72.7 cm³/mol. The van der Waals surface area contributed by atoms with Gasteiger partial charge in [0, 0.05) is 7.05 Å². The number of nitrogens with one attached hydrogen (secondary N) is 1. The van der Waals surface area contributed by atoms with Crippen LogP contribution in [-0.4, -0.2) is 41.9 Å². The summed E-state index contributed by atoms with van der Waals surface area (Å²) in [6.07, 6.45) is -5.76. The summed E-state index contributed by atoms with van der Waals surface area (Å²) in [6, 6.07) is 1.83. The Morgan fingerprint density at radius 2 is 1.86 bits per heavy atom. The molecule has 124 valence electrons. The van der Waals surface area contributed by atoms with Gasteiger partial charge in [-0.25, -0.2) is 9.18 Å². The summed E-state index contributed by atoms with van der Waals surface area (Å²) in [4.78, 5) is 13.0. The van der Waals surface area contributed by atoms with E-state index in [2.05, 4.69) is 5.32 Å². The van der Waals surface area contributed by atoms with Gasteiger partial charge in [-0.15, -0.1) is 0 Å². The summed E-state index contributed by atoms with van der Waals surface area (Å²) in [5.74, 6) is -0.577. The van der Waals surface area contributed by atoms with Crippen LogP contribution in [0.5, 0.6) is 0 Å². The van der Waals surface area contributed by atoms with Crippen LogP contribution in [0.3, 0.4) is 0 Å². The molecule has 2 unspecified atom stereocenters. The molecular formula is C14H18F4N2O2. The van der Waals surface area contributed by atoms with E-state index < -0.39 is 36.5 Å². The van der Waals surface area contributed by atoms with E-state index >= 15 is 0 Å². The number of benzene rings is 1. The maximum Gasteiger partial charge on any atom is 0.391 e. The first kappa shape index (κ1) is 18.2. The van der Waals surface area contributed by atoms with Gasteiger partial charge in [0.2, 0.25) is 0 Å². The van der Waals surface area contributed by atoms with E-state index in [0.29, 0.717) is 0 Å². The lowest BCUT2D eigenvalue weighted by Crippen LogP contribution is -2.45. The van der Waals surface area contributed by atoms with Crippen molar-refractivity contribution in [2.75, 3.05) is 13.7 Å². The van der Waals surface area contributed by atoms with E-state index in [-0.39, 0.29) is 12.2 Å². The van der Waals surface area contributed by atoms with Crippen LogP contribution >= 0.6 is 0 Å². The molecule has 0 saturated carbocycles. The quantitative estimate of drug-likeness (QED) is 0.819. The first-order valence-corrected chi connectivity index (χ1v) is 6.60. The highest BCUT2D eigenvalue weighted by Gasteiger charge is 2.34. The Labute approximate surface area is 125 Å². The standard InChI is InChI=1S/C14H18F4N2O2/c1-9(8-21)20(2)13(22)19-12(7-14(16,17)18)10-3-5-11(15)6-4-10/h3-6,9,12,21H,7-8H2,1-2H3,(H,19,22). The van der Waals surface area contributed by atoms with Crippen molar-refractivity contribution in [3.05, 3.63) is 35.6 Å². The zero-order valence-electron chi connectivity index (χ0n) is 12.2. The van der Waals surface area contributed by atoms with Crippen LogP contribution < -0.4 is 5.32 Å². The lowest BCUT2D eigenvalue weighted by molar-refractivity contribution is -0.139. The molecule has 0 aromatic heterocycles. The average molecular weight is 322 g/mol. The van der Waals surface area contributed by atoms with Gasteiger partial charge in [0.1, 0.15) is 5.82 Å². The van der Waals surface area contributed by atoms with Gasteiger partial charge in [-0.2, -0.15) is 13.2 Å². The number of aliphatic hydroxyl groups is 1. The van der Waals surface area contributed by atoms with E-state index in [9.17, 15) is 22.4 Å². The number of hydrogen-bond acceptors (Lipinski definition) is 2. The summed E-state index contributed by atoms with van der Waals surface area (Å²) in [5.41, 5.74) is 0.150. The Morgan fingerprint density at radius 3 is 2.32 bits per heavy atom. The Morgan fingerprint density at radius 1 is 1.32 bits per heavy atom. The monoisotopic (exact) mass is 322 g/mol. The van der Waals surface area contributed by atoms with Crippen LogP contribution in [0.15, 0.2) is 24.3 Å². The zero-order valence-corrected chi connectivity index (χ0v) is 12.2. The molecule has 0 saturated heterocycles. The minimum absolute atomic E-state index is 0.150. The molecule has 0 aliphatic carbocycles. The van der Waals surface area contributed by atoms with Gasteiger partial charge < -0.3 is 15.3 Å². The van der Waals surface area contributed by atoms with Crippen LogP contribution in [0.1, 0.15) is 24.9 Å². The van der Waals surface area contributed by atoms with Gasteiger partial charge in [-0.05, 0) is 24.6 Å². The Kier molecular flexibility index (Phi) is 6.16. The highest BCUT2D eigenvalue weighted by molar-refractivity contribution is 5.74. The van der Waals surface area contributed by atoms with Crippen molar-refractivity contribution >= 4 is 6.03 Å². The lowest BCUT2D eigenvalue weighted by Gasteiger charge is -2.27. The number of urea groups is 1. The van der Waals surface area contributed by atoms with E-state index in [1.54, 1.807) is 6.92 Å². The molecule has 0 aliphatic heterocycles. The van der Waals surface area contributed by atoms with Gasteiger partial charge in [0.05, 0.1) is 25.1 Å². The van der Waals surface area contributed by atoms with E-state index in [4.69, 9.17) is 5.11 Å². The van der Waals surface area contributed by atoms with Gasteiger partial charge in [0.25, 0.3) is 0 Å². The number of hydrogen-bond donors (Lipinski definition) is 2. The molecule has 2 amide bonds. The summed E-state index contributed by atoms with van der Waals surface area (Å²) >= 11 is 0.